The topological polar surface area (TPSA) is 66.5 Å². The molecular weight excluding hydrogens is 384 g/mol. The number of benzene rings is 3. The van der Waals surface area contributed by atoms with Gasteiger partial charge in [0, 0.05) is 30.3 Å². The van der Waals surface area contributed by atoms with E-state index in [1.54, 1.807) is 37.4 Å². The summed E-state index contributed by atoms with van der Waals surface area (Å²) in [5, 5.41) is 2.97. The number of carbonyl (C=O) groups excluding carboxylic acids is 1. The number of nitrogens with zero attached hydrogens (tertiary/aromatic N) is 1. The molecule has 0 unspecified atom stereocenters. The van der Waals surface area contributed by atoms with Gasteiger partial charge in [0.05, 0.1) is 10.6 Å². The third-order valence-corrected chi connectivity index (χ3v) is 7.21. The van der Waals surface area contributed by atoms with Gasteiger partial charge in [0.15, 0.2) is 0 Å². The van der Waals surface area contributed by atoms with E-state index in [9.17, 15) is 13.2 Å². The normalized spacial score (nSPS) is 14.1. The summed E-state index contributed by atoms with van der Waals surface area (Å²) >= 11 is 0. The molecule has 1 N–H and O–H groups in total. The van der Waals surface area contributed by atoms with Crippen LogP contribution in [0.1, 0.15) is 27.0 Å². The Kier molecular flexibility index (Phi) is 4.67. The first-order valence-corrected chi connectivity index (χ1v) is 10.8. The molecule has 29 heavy (non-hydrogen) atoms. The second kappa shape index (κ2) is 7.04. The highest BCUT2D eigenvalue weighted by atomic mass is 32.2. The van der Waals surface area contributed by atoms with Gasteiger partial charge in [-0.1, -0.05) is 42.5 Å². The Hall–Kier alpha value is -3.12. The minimum absolute atomic E-state index is 0.187. The van der Waals surface area contributed by atoms with Gasteiger partial charge in [0.2, 0.25) is 0 Å². The van der Waals surface area contributed by atoms with Gasteiger partial charge in [-0.05, 0) is 48.7 Å². The Morgan fingerprint density at radius 1 is 0.931 bits per heavy atom. The van der Waals surface area contributed by atoms with Crippen LogP contribution in [0.15, 0.2) is 65.6 Å². The zero-order valence-corrected chi connectivity index (χ0v) is 17.4. The molecule has 0 aliphatic carbocycles. The highest BCUT2D eigenvalue weighted by molar-refractivity contribution is 7.93. The molecule has 1 aliphatic heterocycles. The largest absolute Gasteiger partial charge is 0.348 e. The molecular formula is C23H22N2O3S. The Labute approximate surface area is 171 Å². The highest BCUT2D eigenvalue weighted by Gasteiger charge is 2.33. The monoisotopic (exact) mass is 406 g/mol. The average Bonchev–Trinajstić information content (AvgIpc) is 2.71. The fraction of sp³-hybridized carbons (Fsp3) is 0.174. The molecule has 0 bridgehead atoms. The number of anilines is 1. The van der Waals surface area contributed by atoms with Crippen LogP contribution in [0.2, 0.25) is 0 Å². The first-order valence-electron chi connectivity index (χ1n) is 9.36. The molecule has 0 saturated carbocycles. The van der Waals surface area contributed by atoms with Crippen LogP contribution >= 0.6 is 0 Å². The Morgan fingerprint density at radius 2 is 1.62 bits per heavy atom. The number of amides is 1. The number of fused-ring (bicyclic) bond motifs is 3. The lowest BCUT2D eigenvalue weighted by molar-refractivity contribution is 0.0951. The number of sulfonamides is 1. The van der Waals surface area contributed by atoms with Crippen LogP contribution in [0.3, 0.4) is 0 Å². The molecule has 0 fully saturated rings. The van der Waals surface area contributed by atoms with Crippen molar-refractivity contribution < 1.29 is 13.2 Å². The number of aryl methyl sites for hydroxylation is 2. The Balaban J connectivity index is 1.74. The maximum absolute atomic E-state index is 12.9. The van der Waals surface area contributed by atoms with E-state index in [1.165, 1.54) is 4.31 Å². The van der Waals surface area contributed by atoms with Crippen molar-refractivity contribution in [2.24, 2.45) is 0 Å². The van der Waals surface area contributed by atoms with E-state index in [0.29, 0.717) is 23.4 Å². The van der Waals surface area contributed by atoms with Crippen molar-refractivity contribution in [1.82, 2.24) is 5.32 Å². The quantitative estimate of drug-likeness (QED) is 0.714. The van der Waals surface area contributed by atoms with E-state index in [-0.39, 0.29) is 10.8 Å². The van der Waals surface area contributed by atoms with E-state index in [0.717, 1.165) is 22.3 Å². The molecule has 3 aromatic rings. The van der Waals surface area contributed by atoms with Crippen molar-refractivity contribution in [2.75, 3.05) is 11.4 Å². The maximum Gasteiger partial charge on any atom is 0.264 e. The molecule has 1 heterocycles. The number of rotatable bonds is 3. The lowest BCUT2D eigenvalue weighted by Crippen LogP contribution is -2.31. The minimum atomic E-state index is -3.61. The second-order valence-electron chi connectivity index (χ2n) is 7.27. The number of hydrogen-bond donors (Lipinski definition) is 1. The van der Waals surface area contributed by atoms with Crippen LogP contribution in [-0.2, 0) is 16.6 Å². The summed E-state index contributed by atoms with van der Waals surface area (Å²) < 4.78 is 27.1. The van der Waals surface area contributed by atoms with Crippen LogP contribution in [0.5, 0.6) is 0 Å². The molecule has 0 saturated heterocycles. The second-order valence-corrected chi connectivity index (χ2v) is 9.20. The van der Waals surface area contributed by atoms with Crippen molar-refractivity contribution in [2.45, 2.75) is 25.3 Å². The molecule has 1 amide bonds. The van der Waals surface area contributed by atoms with Gasteiger partial charge >= 0.3 is 0 Å². The lowest BCUT2D eigenvalue weighted by Gasteiger charge is -2.31. The summed E-state index contributed by atoms with van der Waals surface area (Å²) in [7, 11) is -2.06. The average molecular weight is 407 g/mol. The molecule has 3 aromatic carbocycles. The summed E-state index contributed by atoms with van der Waals surface area (Å²) in [6.07, 6.45) is 0. The third kappa shape index (κ3) is 3.19. The zero-order valence-electron chi connectivity index (χ0n) is 16.6. The van der Waals surface area contributed by atoms with Crippen LogP contribution < -0.4 is 9.62 Å². The van der Waals surface area contributed by atoms with Gasteiger partial charge in [-0.2, -0.15) is 0 Å². The molecule has 5 nitrogen and oxygen atoms in total. The molecule has 0 spiro atoms. The van der Waals surface area contributed by atoms with Gasteiger partial charge in [-0.15, -0.1) is 0 Å². The third-order valence-electron chi connectivity index (χ3n) is 5.39. The standard InChI is InChI=1S/C23H22N2O3S/c1-15-8-4-5-9-17(15)14-24-23(26)18-12-16(2)22-20(13-18)19-10-6-7-11-21(19)29(27,28)25(22)3/h4-13H,14H2,1-3H3,(H,24,26). The Morgan fingerprint density at radius 3 is 2.38 bits per heavy atom. The summed E-state index contributed by atoms with van der Waals surface area (Å²) in [4.78, 5) is 13.1. The van der Waals surface area contributed by atoms with Crippen molar-refractivity contribution in [3.05, 3.63) is 82.9 Å². The number of hydrogen-bond acceptors (Lipinski definition) is 3. The molecule has 6 heteroatoms. The summed E-state index contributed by atoms with van der Waals surface area (Å²) in [6, 6.07) is 18.3. The van der Waals surface area contributed by atoms with Crippen LogP contribution in [0.4, 0.5) is 5.69 Å². The smallest absolute Gasteiger partial charge is 0.264 e. The maximum atomic E-state index is 12.9. The van der Waals surface area contributed by atoms with E-state index in [2.05, 4.69) is 5.32 Å². The summed E-state index contributed by atoms with van der Waals surface area (Å²) in [5.41, 5.74) is 5.42. The van der Waals surface area contributed by atoms with Crippen LogP contribution in [0, 0.1) is 13.8 Å². The molecule has 1 aliphatic rings. The first kappa shape index (κ1) is 19.2. The van der Waals surface area contributed by atoms with Gasteiger partial charge in [-0.3, -0.25) is 9.10 Å². The van der Waals surface area contributed by atoms with E-state index in [1.807, 2.05) is 44.2 Å². The van der Waals surface area contributed by atoms with Crippen molar-refractivity contribution in [1.29, 1.82) is 0 Å². The van der Waals surface area contributed by atoms with Gasteiger partial charge in [-0.25, -0.2) is 8.42 Å². The zero-order chi connectivity index (χ0) is 20.8. The number of nitrogens with one attached hydrogen (secondary N) is 1. The van der Waals surface area contributed by atoms with Crippen LogP contribution in [-0.4, -0.2) is 21.4 Å². The van der Waals surface area contributed by atoms with Crippen molar-refractivity contribution in [3.8, 4) is 11.1 Å². The SMILES string of the molecule is Cc1ccccc1CNC(=O)c1cc(C)c2c(c1)-c1ccccc1S(=O)(=O)N2C. The van der Waals surface area contributed by atoms with Crippen molar-refractivity contribution >= 4 is 21.6 Å². The summed E-state index contributed by atoms with van der Waals surface area (Å²) in [6.45, 7) is 4.28. The molecule has 0 aromatic heterocycles. The van der Waals surface area contributed by atoms with E-state index < -0.39 is 10.0 Å². The van der Waals surface area contributed by atoms with Gasteiger partial charge in [0.25, 0.3) is 15.9 Å². The molecule has 148 valence electrons. The van der Waals surface area contributed by atoms with E-state index in [4.69, 9.17) is 0 Å². The Bertz CT molecular complexity index is 1230. The van der Waals surface area contributed by atoms with Gasteiger partial charge < -0.3 is 5.32 Å². The van der Waals surface area contributed by atoms with Crippen molar-refractivity contribution in [3.63, 3.8) is 0 Å². The van der Waals surface area contributed by atoms with Crippen LogP contribution in [0.25, 0.3) is 11.1 Å². The number of carbonyl (C=O) groups is 1. The van der Waals surface area contributed by atoms with Gasteiger partial charge in [0.1, 0.15) is 0 Å². The summed E-state index contributed by atoms with van der Waals surface area (Å²) in [5.74, 6) is -0.187. The fourth-order valence-electron chi connectivity index (χ4n) is 3.80. The molecule has 4 rings (SSSR count). The predicted octanol–water partition coefficient (Wildman–Crippen LogP) is 4.04. The molecule has 0 radical (unpaired) electrons. The predicted molar refractivity (Wildman–Crippen MR) is 115 cm³/mol. The van der Waals surface area contributed by atoms with E-state index >= 15 is 0 Å². The fourth-order valence-corrected chi connectivity index (χ4v) is 5.29. The molecule has 0 atom stereocenters. The first-order chi connectivity index (χ1) is 13.8. The lowest BCUT2D eigenvalue weighted by atomic mass is 9.96. The minimum Gasteiger partial charge on any atom is -0.348 e. The highest BCUT2D eigenvalue weighted by Crippen LogP contribution is 2.44.